The van der Waals surface area contributed by atoms with Crippen LogP contribution >= 0.6 is 22.9 Å². The Kier molecular flexibility index (Phi) is 6.82. The third-order valence-corrected chi connectivity index (χ3v) is 6.01. The molecule has 0 spiro atoms. The van der Waals surface area contributed by atoms with Crippen molar-refractivity contribution >= 4 is 28.8 Å². The highest BCUT2D eigenvalue weighted by Gasteiger charge is 2.33. The number of halogens is 4. The summed E-state index contributed by atoms with van der Waals surface area (Å²) in [4.78, 5) is 17.2. The van der Waals surface area contributed by atoms with Crippen LogP contribution in [0.15, 0.2) is 36.5 Å². The Morgan fingerprint density at radius 3 is 2.73 bits per heavy atom. The average Bonchev–Trinajstić information content (AvgIpc) is 3.44. The normalized spacial score (nSPS) is 17.1. The van der Waals surface area contributed by atoms with Crippen LogP contribution in [0.1, 0.15) is 41.1 Å². The van der Waals surface area contributed by atoms with E-state index in [4.69, 9.17) is 21.1 Å². The van der Waals surface area contributed by atoms with Crippen LogP contribution in [0.3, 0.4) is 0 Å². The van der Waals surface area contributed by atoms with Gasteiger partial charge in [0.15, 0.2) is 5.69 Å². The predicted molar refractivity (Wildman–Crippen MR) is 115 cm³/mol. The second-order valence-electron chi connectivity index (χ2n) is 7.36. The first kappa shape index (κ1) is 23.4. The summed E-state index contributed by atoms with van der Waals surface area (Å²) in [5.74, 6) is 0.0164. The van der Waals surface area contributed by atoms with Crippen molar-refractivity contribution in [3.05, 3.63) is 57.8 Å². The van der Waals surface area contributed by atoms with Crippen LogP contribution in [0.2, 0.25) is 4.34 Å². The molecule has 4 rings (SSSR count). The molecule has 2 atom stereocenters. The van der Waals surface area contributed by atoms with Crippen molar-refractivity contribution < 1.29 is 27.4 Å². The second kappa shape index (κ2) is 9.62. The lowest BCUT2D eigenvalue weighted by atomic mass is 10.1. The molecule has 7 nitrogen and oxygen atoms in total. The molecule has 0 bridgehead atoms. The SMILES string of the molecule is CC(NC(=O)c1cc(O[C@@H]2CCOC2)cc(-c2ncc(Cl)s2)c1)c1ccc(C(F)(F)F)nn1. The van der Waals surface area contributed by atoms with Gasteiger partial charge in [0, 0.05) is 17.5 Å². The lowest BCUT2D eigenvalue weighted by Gasteiger charge is -2.16. The van der Waals surface area contributed by atoms with E-state index in [1.165, 1.54) is 23.6 Å². The Bertz CT molecular complexity index is 1130. The zero-order chi connectivity index (χ0) is 23.6. The van der Waals surface area contributed by atoms with Crippen LogP contribution in [-0.2, 0) is 10.9 Å². The number of hydrogen-bond acceptors (Lipinski definition) is 7. The van der Waals surface area contributed by atoms with Gasteiger partial charge in [-0.15, -0.1) is 16.4 Å². The third-order valence-electron chi connectivity index (χ3n) is 4.85. The van der Waals surface area contributed by atoms with E-state index in [2.05, 4.69) is 20.5 Å². The van der Waals surface area contributed by atoms with E-state index < -0.39 is 23.8 Å². The van der Waals surface area contributed by atoms with E-state index in [1.54, 1.807) is 25.1 Å². The van der Waals surface area contributed by atoms with Crippen molar-refractivity contribution in [2.24, 2.45) is 0 Å². The van der Waals surface area contributed by atoms with Crippen LogP contribution < -0.4 is 10.1 Å². The minimum absolute atomic E-state index is 0.127. The van der Waals surface area contributed by atoms with Gasteiger partial charge in [-0.1, -0.05) is 11.6 Å². The maximum Gasteiger partial charge on any atom is 0.435 e. The van der Waals surface area contributed by atoms with Crippen molar-refractivity contribution in [1.29, 1.82) is 0 Å². The summed E-state index contributed by atoms with van der Waals surface area (Å²) in [6, 6.07) is 6.34. The summed E-state index contributed by atoms with van der Waals surface area (Å²) < 4.78 is 50.0. The maximum atomic E-state index is 13.0. The number of alkyl halides is 3. The molecule has 1 unspecified atom stereocenters. The van der Waals surface area contributed by atoms with Crippen LogP contribution in [-0.4, -0.2) is 40.4 Å². The predicted octanol–water partition coefficient (Wildman–Crippen LogP) is 4.93. The van der Waals surface area contributed by atoms with Gasteiger partial charge in [-0.2, -0.15) is 18.3 Å². The van der Waals surface area contributed by atoms with Crippen LogP contribution in [0.5, 0.6) is 5.75 Å². The van der Waals surface area contributed by atoms with Crippen LogP contribution in [0.4, 0.5) is 13.2 Å². The lowest BCUT2D eigenvalue weighted by molar-refractivity contribution is -0.141. The molecule has 1 amide bonds. The van der Waals surface area contributed by atoms with Crippen molar-refractivity contribution in [1.82, 2.24) is 20.5 Å². The zero-order valence-corrected chi connectivity index (χ0v) is 18.8. The third kappa shape index (κ3) is 5.79. The van der Waals surface area contributed by atoms with Gasteiger partial charge in [0.25, 0.3) is 5.91 Å². The van der Waals surface area contributed by atoms with E-state index in [0.717, 1.165) is 12.5 Å². The second-order valence-corrected chi connectivity index (χ2v) is 9.02. The summed E-state index contributed by atoms with van der Waals surface area (Å²) in [7, 11) is 0. The number of nitrogens with zero attached hydrogens (tertiary/aromatic N) is 3. The number of thiazole rings is 1. The first-order chi connectivity index (χ1) is 15.7. The highest BCUT2D eigenvalue weighted by atomic mass is 35.5. The van der Waals surface area contributed by atoms with E-state index in [9.17, 15) is 18.0 Å². The minimum atomic E-state index is -4.59. The van der Waals surface area contributed by atoms with E-state index in [1.807, 2.05) is 0 Å². The quantitative estimate of drug-likeness (QED) is 0.518. The van der Waals surface area contributed by atoms with Gasteiger partial charge in [0.2, 0.25) is 0 Å². The van der Waals surface area contributed by atoms with Crippen LogP contribution in [0, 0.1) is 0 Å². The molecule has 1 aliphatic heterocycles. The summed E-state index contributed by atoms with van der Waals surface area (Å²) in [5.41, 5.74) is 0.0333. The molecule has 3 aromatic rings. The molecule has 33 heavy (non-hydrogen) atoms. The number of ether oxygens (including phenoxy) is 2. The Morgan fingerprint density at radius 1 is 1.30 bits per heavy atom. The minimum Gasteiger partial charge on any atom is -0.488 e. The van der Waals surface area contributed by atoms with Gasteiger partial charge in [0.05, 0.1) is 31.1 Å². The smallest absolute Gasteiger partial charge is 0.435 e. The fourth-order valence-corrected chi connectivity index (χ4v) is 4.09. The molecule has 2 aromatic heterocycles. The number of carbonyl (C=O) groups is 1. The average molecular weight is 499 g/mol. The number of amides is 1. The van der Waals surface area contributed by atoms with E-state index >= 15 is 0 Å². The highest BCUT2D eigenvalue weighted by molar-refractivity contribution is 7.18. The molecule has 174 valence electrons. The number of carbonyl (C=O) groups excluding carboxylic acids is 1. The number of nitrogens with one attached hydrogen (secondary N) is 1. The molecular weight excluding hydrogens is 481 g/mol. The molecule has 3 heterocycles. The monoisotopic (exact) mass is 498 g/mol. The molecule has 12 heteroatoms. The molecule has 1 aromatic carbocycles. The Balaban J connectivity index is 1.56. The van der Waals surface area contributed by atoms with Gasteiger partial charge in [-0.05, 0) is 37.3 Å². The topological polar surface area (TPSA) is 86.2 Å². The van der Waals surface area contributed by atoms with E-state index in [0.29, 0.717) is 39.4 Å². The number of aromatic nitrogens is 3. The maximum absolute atomic E-state index is 13.0. The van der Waals surface area contributed by atoms with Crippen LogP contribution in [0.25, 0.3) is 10.6 Å². The van der Waals surface area contributed by atoms with Crippen molar-refractivity contribution in [2.75, 3.05) is 13.2 Å². The van der Waals surface area contributed by atoms with Gasteiger partial charge in [-0.25, -0.2) is 4.98 Å². The van der Waals surface area contributed by atoms with Gasteiger partial charge < -0.3 is 14.8 Å². The molecule has 1 fully saturated rings. The van der Waals surface area contributed by atoms with Crippen molar-refractivity contribution in [2.45, 2.75) is 31.7 Å². The standard InChI is InChI=1S/C21H18ClF3N4O3S/c1-11(16-2-3-17(29-28-16)21(23,24)25)27-19(30)12-6-13(20-26-9-18(22)33-20)8-15(7-12)32-14-4-5-31-10-14/h2-3,6-9,11,14H,4-5,10H2,1H3,(H,27,30)/t11?,14-/m1/s1. The summed E-state index contributed by atoms with van der Waals surface area (Å²) in [6.45, 7) is 2.66. The molecule has 0 aliphatic carbocycles. The van der Waals surface area contributed by atoms with Crippen molar-refractivity contribution in [3.8, 4) is 16.3 Å². The number of rotatable bonds is 6. The number of hydrogen-bond donors (Lipinski definition) is 1. The van der Waals surface area contributed by atoms with Gasteiger partial charge >= 0.3 is 6.18 Å². The lowest BCUT2D eigenvalue weighted by Crippen LogP contribution is -2.28. The first-order valence-electron chi connectivity index (χ1n) is 9.92. The number of benzene rings is 1. The molecule has 0 radical (unpaired) electrons. The first-order valence-corrected chi connectivity index (χ1v) is 11.1. The van der Waals surface area contributed by atoms with Crippen molar-refractivity contribution in [3.63, 3.8) is 0 Å². The molecule has 1 aliphatic rings. The fourth-order valence-electron chi connectivity index (χ4n) is 3.19. The van der Waals surface area contributed by atoms with Gasteiger partial charge in [0.1, 0.15) is 21.2 Å². The summed E-state index contributed by atoms with van der Waals surface area (Å²) >= 11 is 7.27. The highest BCUT2D eigenvalue weighted by Crippen LogP contribution is 2.32. The van der Waals surface area contributed by atoms with Gasteiger partial charge in [-0.3, -0.25) is 4.79 Å². The largest absolute Gasteiger partial charge is 0.488 e. The Morgan fingerprint density at radius 2 is 2.12 bits per heavy atom. The molecule has 1 saturated heterocycles. The zero-order valence-electron chi connectivity index (χ0n) is 17.2. The molecule has 0 saturated carbocycles. The fraction of sp³-hybridized carbons (Fsp3) is 0.333. The Labute approximate surface area is 195 Å². The Hall–Kier alpha value is -2.76. The summed E-state index contributed by atoms with van der Waals surface area (Å²) in [5, 5.41) is 10.1. The molecule has 1 N–H and O–H groups in total. The molecular formula is C21H18ClF3N4O3S. The summed E-state index contributed by atoms with van der Waals surface area (Å²) in [6.07, 6.45) is -2.46. The van der Waals surface area contributed by atoms with E-state index in [-0.39, 0.29) is 11.8 Å².